The van der Waals surface area contributed by atoms with E-state index >= 15 is 0 Å². The molecule has 0 saturated heterocycles. The van der Waals surface area contributed by atoms with Crippen molar-refractivity contribution in [2.75, 3.05) is 0 Å². The number of aromatic hydroxyl groups is 2. The Hall–Kier alpha value is -3.67. The second kappa shape index (κ2) is 20.5. The van der Waals surface area contributed by atoms with Crippen LogP contribution in [-0.2, 0) is 70.3 Å². The van der Waals surface area contributed by atoms with Crippen molar-refractivity contribution in [1.82, 2.24) is 0 Å². The fraction of sp³-hybridized carbons (Fsp3) is 0.538. The first-order valence-electron chi connectivity index (χ1n) is 32.7. The first-order valence-corrected chi connectivity index (χ1v) is 39.4. The molecule has 6 aromatic rings. The van der Waals surface area contributed by atoms with Crippen molar-refractivity contribution in [3.63, 3.8) is 0 Å². The molecule has 9 fully saturated rings. The van der Waals surface area contributed by atoms with Gasteiger partial charge in [0.15, 0.2) is 0 Å². The molecular weight excluding hydrogens is 1080 g/mol. The molecule has 9 saturated carbocycles. The van der Waals surface area contributed by atoms with E-state index in [0.29, 0.717) is 33.8 Å². The van der Waals surface area contributed by atoms with E-state index in [-0.39, 0.29) is 59.3 Å². The molecule has 8 atom stereocenters. The van der Waals surface area contributed by atoms with Gasteiger partial charge in [-0.3, -0.25) is 0 Å². The molecule has 2 N–H and O–H groups in total. The van der Waals surface area contributed by atoms with E-state index in [4.69, 9.17) is 0 Å². The minimum absolute atomic E-state index is 0.0471. The molecule has 436 valence electrons. The van der Waals surface area contributed by atoms with Crippen molar-refractivity contribution in [3.05, 3.63) is 199 Å². The molecule has 0 aromatic heterocycles. The molecule has 0 spiro atoms. The Labute approximate surface area is 510 Å². The van der Waals surface area contributed by atoms with Crippen LogP contribution in [0, 0.1) is 39.5 Å². The summed E-state index contributed by atoms with van der Waals surface area (Å²) in [5, 5.41) is 28.6. The van der Waals surface area contributed by atoms with Crippen molar-refractivity contribution < 1.29 is 25.7 Å². The van der Waals surface area contributed by atoms with Gasteiger partial charge < -0.3 is 0 Å². The Balaban J connectivity index is 0.886. The van der Waals surface area contributed by atoms with Gasteiger partial charge in [-0.2, -0.15) is 0 Å². The van der Waals surface area contributed by atoms with Crippen LogP contribution in [0.1, 0.15) is 235 Å². The van der Waals surface area contributed by atoms with Crippen LogP contribution in [0.15, 0.2) is 121 Å². The number of rotatable bonds is 10. The van der Waals surface area contributed by atoms with Gasteiger partial charge in [-0.1, -0.05) is 0 Å². The van der Waals surface area contributed by atoms with Gasteiger partial charge in [-0.15, -0.1) is 0 Å². The minimum atomic E-state index is -0.432. The summed E-state index contributed by atoms with van der Waals surface area (Å²) in [6.07, 6.45) is 22.4. The normalized spacial score (nSPS) is 34.2. The summed E-state index contributed by atoms with van der Waals surface area (Å²) in [5.74, 6) is 4.63. The van der Waals surface area contributed by atoms with Crippen LogP contribution < -0.4 is 0 Å². The van der Waals surface area contributed by atoms with Gasteiger partial charge in [0.1, 0.15) is 0 Å². The summed E-state index contributed by atoms with van der Waals surface area (Å²) in [7, 11) is 0.464. The summed E-state index contributed by atoms with van der Waals surface area (Å²) in [6, 6.07) is 48.9. The van der Waals surface area contributed by atoms with E-state index in [0.717, 1.165) is 37.2 Å². The fourth-order valence-electron chi connectivity index (χ4n) is 20.6. The molecule has 0 amide bonds. The number of phenols is 2. The van der Waals surface area contributed by atoms with E-state index < -0.39 is 15.5 Å². The molecule has 16 rings (SSSR count). The molecule has 1 aliphatic heterocycles. The van der Waals surface area contributed by atoms with E-state index in [1.807, 2.05) is 0 Å². The van der Waals surface area contributed by atoms with Gasteiger partial charge >= 0.3 is 487 Å². The average Bonchev–Trinajstić information content (AvgIpc) is 2.63. The predicted octanol–water partition coefficient (Wildman–Crippen LogP) is 20.4. The predicted molar refractivity (Wildman–Crippen MR) is 349 cm³/mol. The van der Waals surface area contributed by atoms with Gasteiger partial charge in [0.2, 0.25) is 0 Å². The molecule has 2 nitrogen and oxygen atoms in total. The molecule has 5 heteroatoms. The number of hydrogen-bond donors (Lipinski definition) is 2. The molecule has 0 radical (unpaired) electrons. The molecule has 6 aromatic carbocycles. The molecule has 83 heavy (non-hydrogen) atoms. The van der Waals surface area contributed by atoms with Crippen LogP contribution in [-0.4, -0.2) is 20.7 Å². The van der Waals surface area contributed by atoms with Crippen molar-refractivity contribution in [3.8, 4) is 11.5 Å². The standard InChI is InChI=1S/C78H96O2S2.Ti/c1-51-17-25-59(26-18-51)73-37-55-38-74(45-73,60-27-19-52(2)20-28-60)48-77(41-55,47-73)65-35-63(71(5,6)7)33-57(69(65)79)43-81-67-15-13-11-12-14-16-68(67)82-44-58-34-64(72(8,9)10)36-66(70(58)80)78-42-56-39-75(49-78,61-29-21-53(3)22-30-61)46-76(40-56,50-78)62-31-23-54(4)24-32-62;/h17-36,55-56,67-68,79-80H,11-16,37-50H2,1-10H3;/t55?,56?,67-,68?,73?,74?,75?,76?,77?,78?;/m0./s1. The third kappa shape index (κ3) is 9.84. The monoisotopic (exact) mass is 1180 g/mol. The maximum absolute atomic E-state index is 13.6. The summed E-state index contributed by atoms with van der Waals surface area (Å²) in [4.78, 5) is 0. The first-order chi connectivity index (χ1) is 39.5. The summed E-state index contributed by atoms with van der Waals surface area (Å²) >= 11 is -0.432. The number of fused-ring (bicyclic) bond motifs is 1. The molecule has 10 aliphatic rings. The van der Waals surface area contributed by atoms with Crippen LogP contribution in [0.4, 0.5) is 0 Å². The number of benzene rings is 6. The third-order valence-corrected chi connectivity index (χ3v) is 39.7. The number of hydrogen-bond acceptors (Lipinski definition) is 2. The van der Waals surface area contributed by atoms with Crippen molar-refractivity contribution in [1.29, 1.82) is 0 Å². The zero-order valence-corrected chi connectivity index (χ0v) is 55.4. The molecular formula is C78H96O2S2Ti. The van der Waals surface area contributed by atoms with Crippen LogP contribution in [0.25, 0.3) is 0 Å². The Morgan fingerprint density at radius 1 is 0.398 bits per heavy atom. The Morgan fingerprint density at radius 3 is 0.964 bits per heavy atom. The van der Waals surface area contributed by atoms with Crippen LogP contribution in [0.3, 0.4) is 0 Å². The van der Waals surface area contributed by atoms with Gasteiger partial charge in [0.05, 0.1) is 0 Å². The Morgan fingerprint density at radius 2 is 0.675 bits per heavy atom. The molecule has 1 heterocycles. The Bertz CT molecular complexity index is 3230. The number of phenolic OH excluding ortho intramolecular Hbond substituents is 2. The van der Waals surface area contributed by atoms with Gasteiger partial charge in [0.25, 0.3) is 0 Å². The van der Waals surface area contributed by atoms with Gasteiger partial charge in [-0.25, -0.2) is 0 Å². The average molecular weight is 1180 g/mol. The SMILES string of the molecule is Cc1ccc(C23CC4CC(c5ccc(C)cc5)(C2)CC(c2cc(C(C)(C)C)cc(C[S]5=[Ti]=[S](Cc6cc(C(C)(C)C)cc(C78CC9CC(c%10ccc(C)cc%10)(CC(c%10ccc(C)cc%10)(C9)C7)C8)c6O)[C@H]6CCCCCCC65)c2O)(C4)C3)cc1. The van der Waals surface area contributed by atoms with Crippen LogP contribution in [0.5, 0.6) is 11.5 Å². The van der Waals surface area contributed by atoms with E-state index in [1.54, 1.807) is 0 Å². The molecule has 7 unspecified atom stereocenters. The Kier molecular flexibility index (Phi) is 14.1. The molecule has 9 aliphatic carbocycles. The van der Waals surface area contributed by atoms with E-state index in [2.05, 4.69) is 191 Å². The topological polar surface area (TPSA) is 40.5 Å². The van der Waals surface area contributed by atoms with E-state index in [9.17, 15) is 10.2 Å². The zero-order chi connectivity index (χ0) is 57.7. The van der Waals surface area contributed by atoms with Gasteiger partial charge in [-0.05, 0) is 27.7 Å². The summed E-state index contributed by atoms with van der Waals surface area (Å²) in [5.41, 5.74) is 19.4. The zero-order valence-electron chi connectivity index (χ0n) is 52.2. The fourth-order valence-corrected chi connectivity index (χ4v) is 41.4. The summed E-state index contributed by atoms with van der Waals surface area (Å²) in [6.45, 7) is 23.5. The second-order valence-electron chi connectivity index (χ2n) is 32.0. The third-order valence-electron chi connectivity index (χ3n) is 23.8. The second-order valence-corrected chi connectivity index (χ2v) is 43.5. The summed E-state index contributed by atoms with van der Waals surface area (Å²) < 4.78 is 0. The maximum atomic E-state index is 13.6. The quantitative estimate of drug-likeness (QED) is 0.134. The number of aryl methyl sites for hydroxylation is 4. The first kappa shape index (κ1) is 57.1. The van der Waals surface area contributed by atoms with E-state index in [1.165, 1.54) is 168 Å². The van der Waals surface area contributed by atoms with Crippen LogP contribution in [0.2, 0.25) is 0 Å². The van der Waals surface area contributed by atoms with Crippen molar-refractivity contribution in [2.45, 2.75) is 250 Å². The van der Waals surface area contributed by atoms with Gasteiger partial charge in [0, 0.05) is 0 Å². The van der Waals surface area contributed by atoms with Crippen molar-refractivity contribution in [2.24, 2.45) is 11.8 Å². The van der Waals surface area contributed by atoms with Crippen LogP contribution >= 0.6 is 15.9 Å². The van der Waals surface area contributed by atoms with Crippen molar-refractivity contribution >= 4 is 15.9 Å². The molecule has 8 bridgehead atoms.